The minimum atomic E-state index is -0.212. The van der Waals surface area contributed by atoms with Gasteiger partial charge in [0.05, 0.1) is 0 Å². The van der Waals surface area contributed by atoms with E-state index in [0.29, 0.717) is 11.1 Å². The van der Waals surface area contributed by atoms with Crippen LogP contribution in [0.5, 0.6) is 0 Å². The molecule has 0 N–H and O–H groups in total. The van der Waals surface area contributed by atoms with Crippen molar-refractivity contribution in [3.8, 4) is 62.6 Å². The quantitative estimate of drug-likeness (QED) is 0.159. The zero-order valence-electron chi connectivity index (χ0n) is 27.4. The van der Waals surface area contributed by atoms with Crippen LogP contribution in [0.4, 0.5) is 8.78 Å². The van der Waals surface area contributed by atoms with Gasteiger partial charge in [-0.05, 0) is 129 Å². The van der Waals surface area contributed by atoms with Crippen molar-refractivity contribution < 1.29 is 8.78 Å². The first-order chi connectivity index (χ1) is 25.5. The van der Waals surface area contributed by atoms with Crippen LogP contribution < -0.4 is 0 Å². The summed E-state index contributed by atoms with van der Waals surface area (Å²) in [4.78, 5) is 6.18. The molecule has 4 heterocycles. The molecule has 6 heteroatoms. The smallest absolute Gasteiger partial charge is 0.132 e. The molecule has 10 rings (SSSR count). The Morgan fingerprint density at radius 2 is 0.712 bits per heavy atom. The summed E-state index contributed by atoms with van der Waals surface area (Å²) < 4.78 is 33.5. The zero-order chi connectivity index (χ0) is 34.8. The van der Waals surface area contributed by atoms with Crippen molar-refractivity contribution in [1.29, 1.82) is 0 Å². The molecular weight excluding hydrogens is 719 g/mol. The molecule has 0 amide bonds. The van der Waals surface area contributed by atoms with Gasteiger partial charge in [-0.2, -0.15) is 0 Å². The zero-order valence-corrected chi connectivity index (χ0v) is 30.7. The van der Waals surface area contributed by atoms with E-state index in [-0.39, 0.29) is 11.6 Å². The molecule has 0 fully saturated rings. The fourth-order valence-electron chi connectivity index (χ4n) is 6.83. The molecule has 52 heavy (non-hydrogen) atoms. The summed E-state index contributed by atoms with van der Waals surface area (Å²) in [5, 5.41) is 4.58. The first-order valence-electron chi connectivity index (χ1n) is 16.8. The van der Waals surface area contributed by atoms with E-state index in [1.807, 2.05) is 72.8 Å². The molecule has 0 aliphatic heterocycles. The molecule has 0 spiro atoms. The molecule has 0 radical (unpaired) electrons. The van der Waals surface area contributed by atoms with Crippen LogP contribution in [0.1, 0.15) is 0 Å². The summed E-state index contributed by atoms with van der Waals surface area (Å²) in [7, 11) is 0. The molecule has 0 unspecified atom stereocenters. The van der Waals surface area contributed by atoms with Crippen molar-refractivity contribution in [2.24, 2.45) is 0 Å². The first-order valence-corrected chi connectivity index (χ1v) is 20.1. The highest BCUT2D eigenvalue weighted by Crippen LogP contribution is 2.43. The number of thiophene rings is 4. The third-order valence-electron chi connectivity index (χ3n) is 9.48. The predicted molar refractivity (Wildman–Crippen MR) is 223 cm³/mol. The standard InChI is InChI=1S/C46H26F2S4/c47-37-21-29(11-13-35(37)41-17-15-39(49-41)27-7-3-1-4-8-27)43-25-33-19-31-24-46-34(20-32(31)23-45(33)51-43)26-44(52-46)30-12-14-36(38(48)22-30)42-18-16-40(50-42)28-9-5-2-6-10-28/h1-26H. The summed E-state index contributed by atoms with van der Waals surface area (Å²) in [6.45, 7) is 0. The predicted octanol–water partition coefficient (Wildman–Crippen LogP) is 15.7. The Morgan fingerprint density at radius 3 is 1.13 bits per heavy atom. The van der Waals surface area contributed by atoms with Gasteiger partial charge in [0.2, 0.25) is 0 Å². The molecule has 4 aromatic heterocycles. The average Bonchev–Trinajstić information content (AvgIpc) is 4.00. The van der Waals surface area contributed by atoms with E-state index in [2.05, 4.69) is 72.8 Å². The van der Waals surface area contributed by atoms with E-state index in [1.54, 1.807) is 57.5 Å². The second-order valence-electron chi connectivity index (χ2n) is 12.8. The molecule has 0 saturated heterocycles. The van der Waals surface area contributed by atoms with Gasteiger partial charge in [0.25, 0.3) is 0 Å². The molecule has 248 valence electrons. The topological polar surface area (TPSA) is 0 Å². The number of hydrogen-bond donors (Lipinski definition) is 0. The highest BCUT2D eigenvalue weighted by Gasteiger charge is 2.15. The maximum Gasteiger partial charge on any atom is 0.132 e. The molecule has 6 aromatic carbocycles. The van der Waals surface area contributed by atoms with Crippen LogP contribution in [-0.4, -0.2) is 0 Å². The van der Waals surface area contributed by atoms with Gasteiger partial charge in [-0.15, -0.1) is 45.3 Å². The lowest BCUT2D eigenvalue weighted by Crippen LogP contribution is -1.83. The first kappa shape index (κ1) is 31.5. The Hall–Kier alpha value is -5.24. The number of hydrogen-bond acceptors (Lipinski definition) is 4. The molecular formula is C46H26F2S4. The normalized spacial score (nSPS) is 11.7. The molecule has 0 atom stereocenters. The SMILES string of the molecule is Fc1cc(-c2cc3cc4cc5sc(-c6ccc(-c7ccc(-c8ccccc8)s7)c(F)c6)cc5cc4cc3s2)ccc1-c1ccc(-c2ccccc2)s1. The minimum absolute atomic E-state index is 0.212. The average molecular weight is 745 g/mol. The fraction of sp³-hybridized carbons (Fsp3) is 0. The van der Waals surface area contributed by atoms with Crippen LogP contribution in [0.25, 0.3) is 93.6 Å². The van der Waals surface area contributed by atoms with Gasteiger partial charge in [0.15, 0.2) is 0 Å². The Labute approximate surface area is 315 Å². The maximum absolute atomic E-state index is 15.6. The molecule has 10 aromatic rings. The third-order valence-corrected chi connectivity index (χ3v) is 14.1. The van der Waals surface area contributed by atoms with Gasteiger partial charge in [-0.3, -0.25) is 0 Å². The maximum atomic E-state index is 15.6. The van der Waals surface area contributed by atoms with Gasteiger partial charge < -0.3 is 0 Å². The second-order valence-corrected chi connectivity index (χ2v) is 17.1. The van der Waals surface area contributed by atoms with E-state index < -0.39 is 0 Å². The van der Waals surface area contributed by atoms with Crippen LogP contribution in [0.3, 0.4) is 0 Å². The van der Waals surface area contributed by atoms with Gasteiger partial charge in [0, 0.05) is 49.8 Å². The summed E-state index contributed by atoms with van der Waals surface area (Å²) in [6.07, 6.45) is 0. The largest absolute Gasteiger partial charge is 0.206 e. The van der Waals surface area contributed by atoms with Crippen molar-refractivity contribution in [2.75, 3.05) is 0 Å². The van der Waals surface area contributed by atoms with Crippen molar-refractivity contribution >= 4 is 76.3 Å². The van der Waals surface area contributed by atoms with E-state index >= 15 is 8.78 Å². The monoisotopic (exact) mass is 744 g/mol. The lowest BCUT2D eigenvalue weighted by molar-refractivity contribution is 0.632. The summed E-state index contributed by atoms with van der Waals surface area (Å²) in [5.74, 6) is -0.424. The van der Waals surface area contributed by atoms with Crippen molar-refractivity contribution in [2.45, 2.75) is 0 Å². The number of fused-ring (bicyclic) bond motifs is 3. The summed E-state index contributed by atoms with van der Waals surface area (Å²) >= 11 is 6.58. The lowest BCUT2D eigenvalue weighted by atomic mass is 10.0. The third kappa shape index (κ3) is 5.69. The van der Waals surface area contributed by atoms with Crippen LogP contribution in [0.15, 0.2) is 158 Å². The van der Waals surface area contributed by atoms with E-state index in [1.165, 1.54) is 0 Å². The highest BCUT2D eigenvalue weighted by atomic mass is 32.1. The Morgan fingerprint density at radius 1 is 0.288 bits per heavy atom. The van der Waals surface area contributed by atoms with Crippen LogP contribution in [-0.2, 0) is 0 Å². The van der Waals surface area contributed by atoms with Crippen LogP contribution in [0.2, 0.25) is 0 Å². The van der Waals surface area contributed by atoms with Gasteiger partial charge in [-0.25, -0.2) is 8.78 Å². The van der Waals surface area contributed by atoms with E-state index in [0.717, 1.165) is 82.5 Å². The molecule has 0 saturated carbocycles. The van der Waals surface area contributed by atoms with E-state index in [4.69, 9.17) is 0 Å². The van der Waals surface area contributed by atoms with Crippen molar-refractivity contribution in [1.82, 2.24) is 0 Å². The Balaban J connectivity index is 0.925. The lowest BCUT2D eigenvalue weighted by Gasteiger charge is -2.03. The molecule has 0 aliphatic carbocycles. The van der Waals surface area contributed by atoms with Gasteiger partial charge in [-0.1, -0.05) is 72.8 Å². The van der Waals surface area contributed by atoms with E-state index in [9.17, 15) is 0 Å². The number of benzene rings is 6. The fourth-order valence-corrected chi connectivity index (χ4v) is 11.1. The van der Waals surface area contributed by atoms with Crippen LogP contribution in [0, 0.1) is 11.6 Å². The van der Waals surface area contributed by atoms with Crippen LogP contribution >= 0.6 is 45.3 Å². The van der Waals surface area contributed by atoms with Gasteiger partial charge >= 0.3 is 0 Å². The summed E-state index contributed by atoms with van der Waals surface area (Å²) in [6, 6.07) is 53.0. The summed E-state index contributed by atoms with van der Waals surface area (Å²) in [5.41, 5.74) is 5.29. The Kier molecular flexibility index (Phi) is 7.73. The van der Waals surface area contributed by atoms with Crippen molar-refractivity contribution in [3.05, 3.63) is 169 Å². The highest BCUT2D eigenvalue weighted by molar-refractivity contribution is 7.23. The second kappa shape index (κ2) is 12.8. The molecule has 0 aliphatic rings. The van der Waals surface area contributed by atoms with Gasteiger partial charge in [0.1, 0.15) is 11.6 Å². The molecule has 0 nitrogen and oxygen atoms in total. The number of rotatable bonds is 6. The minimum Gasteiger partial charge on any atom is -0.206 e. The Bertz CT molecular complexity index is 2660. The number of halogens is 2. The van der Waals surface area contributed by atoms with Crippen molar-refractivity contribution in [3.63, 3.8) is 0 Å². The molecule has 0 bridgehead atoms.